The molecule has 0 atom stereocenters. The van der Waals surface area contributed by atoms with Crippen molar-refractivity contribution in [1.29, 1.82) is 0 Å². The van der Waals surface area contributed by atoms with E-state index in [1.54, 1.807) is 61.4 Å². The molecule has 9 nitrogen and oxygen atoms in total. The number of aryl methyl sites for hydroxylation is 3. The molecule has 0 aliphatic rings. The zero-order chi connectivity index (χ0) is 28.7. The number of amides is 1. The van der Waals surface area contributed by atoms with Crippen LogP contribution in [0.25, 0.3) is 27.7 Å². The van der Waals surface area contributed by atoms with Crippen LogP contribution < -0.4 is 15.6 Å². The molecule has 0 unspecified atom stereocenters. The first-order chi connectivity index (χ1) is 19.8. The number of pyridine rings is 1. The SMILES string of the molecule is Cc1cc(C)n(-c2ccccc2)c(=O)c1C(=O)Nc1ccc(Oc2cc3cnn(C)c3cc2-c2cn[nH]c2)c(F)c1. The zero-order valence-corrected chi connectivity index (χ0v) is 22.5. The van der Waals surface area contributed by atoms with E-state index >= 15 is 4.39 Å². The van der Waals surface area contributed by atoms with Crippen LogP contribution in [0.1, 0.15) is 21.6 Å². The Morgan fingerprint density at radius 1 is 1.00 bits per heavy atom. The van der Waals surface area contributed by atoms with E-state index in [0.29, 0.717) is 28.3 Å². The van der Waals surface area contributed by atoms with Gasteiger partial charge in [0.05, 0.1) is 17.9 Å². The van der Waals surface area contributed by atoms with Gasteiger partial charge in [0.1, 0.15) is 11.3 Å². The number of halogens is 1. The van der Waals surface area contributed by atoms with E-state index in [9.17, 15) is 9.59 Å². The number of H-pyrrole nitrogens is 1. The third-order valence-electron chi connectivity index (χ3n) is 6.90. The Morgan fingerprint density at radius 3 is 2.54 bits per heavy atom. The summed E-state index contributed by atoms with van der Waals surface area (Å²) in [6, 6.07) is 18.7. The van der Waals surface area contributed by atoms with E-state index in [4.69, 9.17) is 4.74 Å². The molecule has 3 aromatic heterocycles. The summed E-state index contributed by atoms with van der Waals surface area (Å²) in [6.07, 6.45) is 5.07. The number of carbonyl (C=O) groups excluding carboxylic acids is 1. The van der Waals surface area contributed by atoms with Gasteiger partial charge in [0.25, 0.3) is 11.5 Å². The first kappa shape index (κ1) is 25.8. The van der Waals surface area contributed by atoms with Gasteiger partial charge in [0.15, 0.2) is 11.6 Å². The van der Waals surface area contributed by atoms with Crippen LogP contribution in [-0.2, 0) is 7.05 Å². The van der Waals surface area contributed by atoms with Crippen LogP contribution in [0.2, 0.25) is 0 Å². The van der Waals surface area contributed by atoms with Gasteiger partial charge in [-0.1, -0.05) is 18.2 Å². The average molecular weight is 549 g/mol. The maximum atomic E-state index is 15.3. The van der Waals surface area contributed by atoms with E-state index < -0.39 is 17.3 Å². The molecule has 0 aliphatic heterocycles. The van der Waals surface area contributed by atoms with Gasteiger partial charge in [-0.05, 0) is 61.9 Å². The molecular formula is C31H25FN6O3. The van der Waals surface area contributed by atoms with Crippen molar-refractivity contribution in [3.8, 4) is 28.3 Å². The van der Waals surface area contributed by atoms with Crippen LogP contribution in [0.5, 0.6) is 11.5 Å². The minimum absolute atomic E-state index is 0.0188. The summed E-state index contributed by atoms with van der Waals surface area (Å²) in [5, 5.41) is 14.6. The van der Waals surface area contributed by atoms with Gasteiger partial charge < -0.3 is 10.1 Å². The fraction of sp³-hybridized carbons (Fsp3) is 0.0968. The molecule has 6 rings (SSSR count). The number of benzene rings is 3. The summed E-state index contributed by atoms with van der Waals surface area (Å²) >= 11 is 0. The number of nitrogens with zero attached hydrogens (tertiary/aromatic N) is 4. The van der Waals surface area contributed by atoms with Gasteiger partial charge in [-0.25, -0.2) is 4.39 Å². The summed E-state index contributed by atoms with van der Waals surface area (Å²) in [5.41, 5.74) is 3.93. The van der Waals surface area contributed by atoms with Crippen molar-refractivity contribution in [3.05, 3.63) is 118 Å². The number of ether oxygens (including phenoxy) is 1. The number of carbonyl (C=O) groups is 1. The number of aromatic nitrogens is 5. The Kier molecular flexibility index (Phi) is 6.43. The van der Waals surface area contributed by atoms with Gasteiger partial charge >= 0.3 is 0 Å². The summed E-state index contributed by atoms with van der Waals surface area (Å²) in [5.74, 6) is -0.933. The highest BCUT2D eigenvalue weighted by Crippen LogP contribution is 2.37. The number of hydrogen-bond acceptors (Lipinski definition) is 5. The molecule has 204 valence electrons. The number of rotatable bonds is 6. The fourth-order valence-corrected chi connectivity index (χ4v) is 4.93. The number of para-hydroxylation sites is 1. The average Bonchev–Trinajstić information content (AvgIpc) is 3.60. The molecule has 10 heteroatoms. The highest BCUT2D eigenvalue weighted by atomic mass is 19.1. The van der Waals surface area contributed by atoms with E-state index in [2.05, 4.69) is 20.6 Å². The lowest BCUT2D eigenvalue weighted by Crippen LogP contribution is -2.31. The molecular weight excluding hydrogens is 523 g/mol. The van der Waals surface area contributed by atoms with E-state index in [-0.39, 0.29) is 17.0 Å². The summed E-state index contributed by atoms with van der Waals surface area (Å²) in [4.78, 5) is 26.6. The Balaban J connectivity index is 1.30. The van der Waals surface area contributed by atoms with Crippen LogP contribution >= 0.6 is 0 Å². The van der Waals surface area contributed by atoms with Crippen LogP contribution in [0.15, 0.2) is 90.1 Å². The second kappa shape index (κ2) is 10.2. The minimum atomic E-state index is -0.686. The van der Waals surface area contributed by atoms with Gasteiger partial charge in [-0.15, -0.1) is 0 Å². The molecule has 2 N–H and O–H groups in total. The third-order valence-corrected chi connectivity index (χ3v) is 6.90. The molecule has 0 fully saturated rings. The van der Waals surface area contributed by atoms with Crippen LogP contribution in [0.3, 0.4) is 0 Å². The predicted octanol–water partition coefficient (Wildman–Crippen LogP) is 5.91. The summed E-state index contributed by atoms with van der Waals surface area (Å²) in [6.45, 7) is 3.51. The van der Waals surface area contributed by atoms with Crippen LogP contribution in [-0.4, -0.2) is 30.5 Å². The summed E-state index contributed by atoms with van der Waals surface area (Å²) < 4.78 is 24.5. The highest BCUT2D eigenvalue weighted by Gasteiger charge is 2.20. The normalized spacial score (nSPS) is 11.1. The fourth-order valence-electron chi connectivity index (χ4n) is 4.93. The molecule has 3 aromatic carbocycles. The molecule has 1 amide bonds. The van der Waals surface area contributed by atoms with Crippen molar-refractivity contribution < 1.29 is 13.9 Å². The monoisotopic (exact) mass is 548 g/mol. The predicted molar refractivity (Wildman–Crippen MR) is 154 cm³/mol. The number of nitrogens with one attached hydrogen (secondary N) is 2. The first-order valence-electron chi connectivity index (χ1n) is 12.8. The highest BCUT2D eigenvalue weighted by molar-refractivity contribution is 6.05. The largest absolute Gasteiger partial charge is 0.454 e. The van der Waals surface area contributed by atoms with Gasteiger partial charge in [0, 0.05) is 52.9 Å². The van der Waals surface area contributed by atoms with Crippen LogP contribution in [0.4, 0.5) is 10.1 Å². The van der Waals surface area contributed by atoms with Gasteiger partial charge in [-0.2, -0.15) is 10.2 Å². The second-order valence-corrected chi connectivity index (χ2v) is 9.68. The third kappa shape index (κ3) is 4.76. The van der Waals surface area contributed by atoms with Crippen LogP contribution in [0, 0.1) is 19.7 Å². The molecule has 0 aliphatic carbocycles. The van der Waals surface area contributed by atoms with Gasteiger partial charge in [0.2, 0.25) is 0 Å². The van der Waals surface area contributed by atoms with Crippen molar-refractivity contribution in [1.82, 2.24) is 24.5 Å². The molecule has 0 radical (unpaired) electrons. The Morgan fingerprint density at radius 2 is 1.80 bits per heavy atom. The standard InChI is InChI=1S/C31H25FN6O3/c1-18-11-19(2)38(23-7-5-4-6-8-23)31(40)29(18)30(39)36-22-9-10-27(25(32)13-22)41-28-12-20-17-35-37(3)26(20)14-24(28)21-15-33-34-16-21/h4-17H,1-3H3,(H,33,34)(H,36,39). The lowest BCUT2D eigenvalue weighted by Gasteiger charge is -2.15. The van der Waals surface area contributed by atoms with Gasteiger partial charge in [-0.3, -0.25) is 23.9 Å². The van der Waals surface area contributed by atoms with E-state index in [1.807, 2.05) is 31.3 Å². The molecule has 0 spiro atoms. The number of anilines is 1. The molecule has 41 heavy (non-hydrogen) atoms. The van der Waals surface area contributed by atoms with Crippen molar-refractivity contribution >= 4 is 22.5 Å². The second-order valence-electron chi connectivity index (χ2n) is 9.68. The lowest BCUT2D eigenvalue weighted by molar-refractivity contribution is 0.102. The van der Waals surface area contributed by atoms with Crippen molar-refractivity contribution in [2.75, 3.05) is 5.32 Å². The first-order valence-corrected chi connectivity index (χ1v) is 12.8. The number of hydrogen-bond donors (Lipinski definition) is 2. The summed E-state index contributed by atoms with van der Waals surface area (Å²) in [7, 11) is 1.84. The molecule has 0 saturated heterocycles. The smallest absolute Gasteiger partial charge is 0.268 e. The topological polar surface area (TPSA) is 107 Å². The van der Waals surface area contributed by atoms with E-state index in [1.165, 1.54) is 16.7 Å². The molecule has 6 aromatic rings. The zero-order valence-electron chi connectivity index (χ0n) is 22.5. The Labute approximate surface area is 233 Å². The van der Waals surface area contributed by atoms with Crippen molar-refractivity contribution in [2.24, 2.45) is 7.05 Å². The van der Waals surface area contributed by atoms with Crippen molar-refractivity contribution in [2.45, 2.75) is 13.8 Å². The lowest BCUT2D eigenvalue weighted by atomic mass is 10.1. The maximum Gasteiger partial charge on any atom is 0.268 e. The quantitative estimate of drug-likeness (QED) is 0.269. The number of aromatic amines is 1. The maximum absolute atomic E-state index is 15.3. The molecule has 3 heterocycles. The Hall–Kier alpha value is -5.51. The molecule has 0 saturated carbocycles. The number of fused-ring (bicyclic) bond motifs is 1. The van der Waals surface area contributed by atoms with E-state index in [0.717, 1.165) is 22.5 Å². The molecule has 0 bridgehead atoms. The Bertz CT molecular complexity index is 1980. The van der Waals surface area contributed by atoms with Crippen molar-refractivity contribution in [3.63, 3.8) is 0 Å². The minimum Gasteiger partial charge on any atom is -0.454 e.